The van der Waals surface area contributed by atoms with E-state index in [-0.39, 0.29) is 17.6 Å². The highest BCUT2D eigenvalue weighted by atomic mass is 16.3. The number of nitrogens with one attached hydrogen (secondary N) is 2. The van der Waals surface area contributed by atoms with Crippen molar-refractivity contribution in [2.75, 3.05) is 6.61 Å². The first-order valence-corrected chi connectivity index (χ1v) is 9.61. The van der Waals surface area contributed by atoms with Crippen molar-refractivity contribution in [3.63, 3.8) is 0 Å². The highest BCUT2D eigenvalue weighted by molar-refractivity contribution is 5.97. The van der Waals surface area contributed by atoms with Gasteiger partial charge in [0.25, 0.3) is 5.91 Å². The molecule has 2 aromatic rings. The van der Waals surface area contributed by atoms with E-state index in [1.54, 1.807) is 6.07 Å². The highest BCUT2D eigenvalue weighted by Crippen LogP contribution is 2.17. The molecule has 1 atom stereocenters. The molecule has 0 saturated heterocycles. The topological polar surface area (TPSA) is 104 Å². The predicted molar refractivity (Wildman–Crippen MR) is 102 cm³/mol. The predicted octanol–water partition coefficient (Wildman–Crippen LogP) is 1.95. The molecule has 1 aliphatic carbocycles. The van der Waals surface area contributed by atoms with Gasteiger partial charge in [0, 0.05) is 6.04 Å². The van der Waals surface area contributed by atoms with Crippen molar-refractivity contribution < 1.29 is 14.7 Å². The molecule has 1 fully saturated rings. The normalized spacial score (nSPS) is 16.9. The third-order valence-corrected chi connectivity index (χ3v) is 4.94. The third kappa shape index (κ3) is 5.23. The van der Waals surface area contributed by atoms with E-state index < -0.39 is 18.6 Å². The molecular weight excluding hydrogens is 344 g/mol. The number of aromatic nitrogens is 2. The zero-order chi connectivity index (χ0) is 19.1. The molecule has 3 N–H and O–H groups in total. The Hall–Kier alpha value is -2.54. The van der Waals surface area contributed by atoms with Crippen molar-refractivity contribution in [2.24, 2.45) is 0 Å². The van der Waals surface area contributed by atoms with Gasteiger partial charge < -0.3 is 15.7 Å². The van der Waals surface area contributed by atoms with Crippen LogP contribution in [-0.4, -0.2) is 45.6 Å². The first kappa shape index (κ1) is 19.2. The van der Waals surface area contributed by atoms with Crippen LogP contribution < -0.4 is 10.6 Å². The molecular formula is C20H26N4O3. The van der Waals surface area contributed by atoms with Crippen molar-refractivity contribution in [2.45, 2.75) is 57.0 Å². The number of hydrogen-bond acceptors (Lipinski definition) is 5. The summed E-state index contributed by atoms with van der Waals surface area (Å²) < 4.78 is 0. The minimum atomic E-state index is -1.00. The molecule has 7 nitrogen and oxygen atoms in total. The van der Waals surface area contributed by atoms with E-state index in [9.17, 15) is 14.7 Å². The fraction of sp³-hybridized carbons (Fsp3) is 0.500. The van der Waals surface area contributed by atoms with E-state index in [0.717, 1.165) is 25.7 Å². The molecule has 0 aliphatic heterocycles. The molecule has 1 aromatic heterocycles. The summed E-state index contributed by atoms with van der Waals surface area (Å²) in [6, 6.07) is 6.34. The zero-order valence-corrected chi connectivity index (χ0v) is 15.4. The lowest BCUT2D eigenvalue weighted by molar-refractivity contribution is -0.124. The SMILES string of the molecule is O=C(N[C@@H](CO)C(=O)NC1CCCCCCC1)c1cnc2ccccc2n1. The monoisotopic (exact) mass is 370 g/mol. The molecule has 1 saturated carbocycles. The molecule has 1 aromatic carbocycles. The van der Waals surface area contributed by atoms with E-state index >= 15 is 0 Å². The third-order valence-electron chi connectivity index (χ3n) is 4.94. The number of carbonyl (C=O) groups excluding carboxylic acids is 2. The van der Waals surface area contributed by atoms with Crippen molar-refractivity contribution in [3.05, 3.63) is 36.2 Å². The van der Waals surface area contributed by atoms with Crippen molar-refractivity contribution in [1.29, 1.82) is 0 Å². The summed E-state index contributed by atoms with van der Waals surface area (Å²) in [4.78, 5) is 33.4. The van der Waals surface area contributed by atoms with Gasteiger partial charge >= 0.3 is 0 Å². The summed E-state index contributed by atoms with van der Waals surface area (Å²) in [5.41, 5.74) is 1.41. The fourth-order valence-electron chi connectivity index (χ4n) is 3.40. The second-order valence-electron chi connectivity index (χ2n) is 7.00. The van der Waals surface area contributed by atoms with E-state index in [2.05, 4.69) is 20.6 Å². The van der Waals surface area contributed by atoms with E-state index in [1.807, 2.05) is 18.2 Å². The van der Waals surface area contributed by atoms with Gasteiger partial charge in [-0.3, -0.25) is 14.6 Å². The Morgan fingerprint density at radius 1 is 1.07 bits per heavy atom. The van der Waals surface area contributed by atoms with E-state index in [1.165, 1.54) is 25.5 Å². The molecule has 7 heteroatoms. The van der Waals surface area contributed by atoms with Gasteiger partial charge in [0.05, 0.1) is 23.8 Å². The largest absolute Gasteiger partial charge is 0.394 e. The number of rotatable bonds is 5. The van der Waals surface area contributed by atoms with E-state index in [0.29, 0.717) is 11.0 Å². The van der Waals surface area contributed by atoms with Crippen LogP contribution in [0.15, 0.2) is 30.5 Å². The van der Waals surface area contributed by atoms with Gasteiger partial charge in [0.15, 0.2) is 0 Å². The van der Waals surface area contributed by atoms with Crippen LogP contribution in [0.2, 0.25) is 0 Å². The smallest absolute Gasteiger partial charge is 0.272 e. The first-order valence-electron chi connectivity index (χ1n) is 9.61. The number of amides is 2. The molecule has 0 bridgehead atoms. The molecule has 0 spiro atoms. The van der Waals surface area contributed by atoms with Gasteiger partial charge in [-0.15, -0.1) is 0 Å². The average Bonchev–Trinajstić information content (AvgIpc) is 2.67. The van der Waals surface area contributed by atoms with Crippen LogP contribution in [0.3, 0.4) is 0 Å². The summed E-state index contributed by atoms with van der Waals surface area (Å²) in [6.45, 7) is -0.467. The molecule has 0 radical (unpaired) electrons. The minimum Gasteiger partial charge on any atom is -0.394 e. The summed E-state index contributed by atoms with van der Waals surface area (Å²) >= 11 is 0. The number of aliphatic hydroxyl groups is 1. The lowest BCUT2D eigenvalue weighted by Crippen LogP contribution is -2.51. The lowest BCUT2D eigenvalue weighted by atomic mass is 9.96. The number of hydrogen-bond donors (Lipinski definition) is 3. The highest BCUT2D eigenvalue weighted by Gasteiger charge is 2.24. The number of benzene rings is 1. The summed E-state index contributed by atoms with van der Waals surface area (Å²) in [5, 5.41) is 15.1. The second kappa shape index (κ2) is 9.41. The Kier molecular flexibility index (Phi) is 6.70. The molecule has 27 heavy (non-hydrogen) atoms. The maximum Gasteiger partial charge on any atom is 0.272 e. The van der Waals surface area contributed by atoms with Crippen LogP contribution in [0.1, 0.15) is 55.4 Å². The lowest BCUT2D eigenvalue weighted by Gasteiger charge is -2.24. The molecule has 1 heterocycles. The summed E-state index contributed by atoms with van der Waals surface area (Å²) in [7, 11) is 0. The molecule has 1 aliphatic rings. The number of nitrogens with zero attached hydrogens (tertiary/aromatic N) is 2. The molecule has 3 rings (SSSR count). The average molecular weight is 370 g/mol. The molecule has 0 unspecified atom stereocenters. The van der Waals surface area contributed by atoms with Crippen LogP contribution in [-0.2, 0) is 4.79 Å². The second-order valence-corrected chi connectivity index (χ2v) is 7.00. The Balaban J connectivity index is 1.62. The van der Waals surface area contributed by atoms with Crippen LogP contribution in [0.25, 0.3) is 11.0 Å². The quantitative estimate of drug-likeness (QED) is 0.746. The Labute approximate surface area is 158 Å². The van der Waals surface area contributed by atoms with Gasteiger partial charge in [-0.1, -0.05) is 44.2 Å². The zero-order valence-electron chi connectivity index (χ0n) is 15.4. The fourth-order valence-corrected chi connectivity index (χ4v) is 3.40. The van der Waals surface area contributed by atoms with Gasteiger partial charge in [-0.25, -0.2) is 4.98 Å². The van der Waals surface area contributed by atoms with E-state index in [4.69, 9.17) is 0 Å². The van der Waals surface area contributed by atoms with Crippen molar-refractivity contribution in [1.82, 2.24) is 20.6 Å². The van der Waals surface area contributed by atoms with Crippen molar-refractivity contribution >= 4 is 22.8 Å². The van der Waals surface area contributed by atoms with Crippen LogP contribution in [0.4, 0.5) is 0 Å². The summed E-state index contributed by atoms with van der Waals surface area (Å²) in [6.07, 6.45) is 9.06. The standard InChI is InChI=1S/C20H26N4O3/c25-13-18(20(27)22-14-8-4-2-1-3-5-9-14)24-19(26)17-12-21-15-10-6-7-11-16(15)23-17/h6-7,10-12,14,18,25H,1-5,8-9,13H2,(H,22,27)(H,24,26)/t18-/m0/s1. The van der Waals surface area contributed by atoms with Crippen molar-refractivity contribution in [3.8, 4) is 0 Å². The van der Waals surface area contributed by atoms with Crippen LogP contribution in [0, 0.1) is 0 Å². The maximum absolute atomic E-state index is 12.5. The Morgan fingerprint density at radius 3 is 2.44 bits per heavy atom. The minimum absolute atomic E-state index is 0.101. The summed E-state index contributed by atoms with van der Waals surface area (Å²) in [5.74, 6) is -0.884. The number of fused-ring (bicyclic) bond motifs is 1. The first-order chi connectivity index (χ1) is 13.2. The Bertz CT molecular complexity index is 788. The maximum atomic E-state index is 12.5. The molecule has 144 valence electrons. The molecule has 2 amide bonds. The Morgan fingerprint density at radius 2 is 1.74 bits per heavy atom. The number of para-hydroxylation sites is 2. The number of carbonyl (C=O) groups is 2. The van der Waals surface area contributed by atoms with Crippen LogP contribution >= 0.6 is 0 Å². The van der Waals surface area contributed by atoms with Gasteiger partial charge in [0.2, 0.25) is 5.91 Å². The van der Waals surface area contributed by atoms with Gasteiger partial charge in [0.1, 0.15) is 11.7 Å². The van der Waals surface area contributed by atoms with Gasteiger partial charge in [-0.2, -0.15) is 0 Å². The number of aliphatic hydroxyl groups excluding tert-OH is 1. The van der Waals surface area contributed by atoms with Crippen LogP contribution in [0.5, 0.6) is 0 Å². The van der Waals surface area contributed by atoms with Gasteiger partial charge in [-0.05, 0) is 25.0 Å².